The van der Waals surface area contributed by atoms with Gasteiger partial charge in [0.1, 0.15) is 11.6 Å². The first-order valence-electron chi connectivity index (χ1n) is 9.20. The molecule has 0 bridgehead atoms. The van der Waals surface area contributed by atoms with Crippen LogP contribution in [0.3, 0.4) is 0 Å². The molecule has 0 aliphatic heterocycles. The number of hydrogen-bond acceptors (Lipinski definition) is 4. The molecule has 27 heavy (non-hydrogen) atoms. The van der Waals surface area contributed by atoms with Crippen molar-refractivity contribution in [2.75, 3.05) is 18.4 Å². The molecule has 0 saturated heterocycles. The molecule has 0 aliphatic carbocycles. The van der Waals surface area contributed by atoms with Gasteiger partial charge in [0.25, 0.3) is 5.91 Å². The SMILES string of the molecule is CCN(/C=C(/C#N)C(=O)Nc1ccccc1C(C)C)CCc1ccncc1. The van der Waals surface area contributed by atoms with Crippen LogP contribution in [0.25, 0.3) is 0 Å². The molecule has 0 fully saturated rings. The minimum Gasteiger partial charge on any atom is -0.376 e. The van der Waals surface area contributed by atoms with Crippen molar-refractivity contribution in [3.63, 3.8) is 0 Å². The molecule has 1 aromatic carbocycles. The Hall–Kier alpha value is -3.13. The first-order chi connectivity index (χ1) is 13.0. The molecule has 1 heterocycles. The Balaban J connectivity index is 2.09. The van der Waals surface area contributed by atoms with Gasteiger partial charge >= 0.3 is 0 Å². The van der Waals surface area contributed by atoms with Gasteiger partial charge in [-0.1, -0.05) is 32.0 Å². The monoisotopic (exact) mass is 362 g/mol. The maximum atomic E-state index is 12.6. The zero-order valence-corrected chi connectivity index (χ0v) is 16.1. The van der Waals surface area contributed by atoms with E-state index in [1.807, 2.05) is 54.3 Å². The molecule has 0 atom stereocenters. The van der Waals surface area contributed by atoms with Crippen molar-refractivity contribution < 1.29 is 4.79 Å². The Labute approximate surface area is 161 Å². The number of carbonyl (C=O) groups excluding carboxylic acids is 1. The van der Waals surface area contributed by atoms with Gasteiger partial charge in [0.15, 0.2) is 0 Å². The molecule has 0 unspecified atom stereocenters. The first-order valence-corrected chi connectivity index (χ1v) is 9.20. The number of aromatic nitrogens is 1. The lowest BCUT2D eigenvalue weighted by Gasteiger charge is -2.19. The van der Waals surface area contributed by atoms with Gasteiger partial charge in [-0.15, -0.1) is 0 Å². The quantitative estimate of drug-likeness (QED) is 0.567. The van der Waals surface area contributed by atoms with Crippen LogP contribution in [0.5, 0.6) is 0 Å². The molecule has 0 aliphatic rings. The minimum atomic E-state index is -0.382. The molecular weight excluding hydrogens is 336 g/mol. The summed E-state index contributed by atoms with van der Waals surface area (Å²) in [5.41, 5.74) is 3.07. The highest BCUT2D eigenvalue weighted by Gasteiger charge is 2.14. The Bertz CT molecular complexity index is 822. The lowest BCUT2D eigenvalue weighted by Crippen LogP contribution is -2.23. The molecule has 5 nitrogen and oxygen atoms in total. The van der Waals surface area contributed by atoms with E-state index < -0.39 is 0 Å². The van der Waals surface area contributed by atoms with E-state index in [0.29, 0.717) is 6.54 Å². The van der Waals surface area contributed by atoms with Crippen molar-refractivity contribution in [1.82, 2.24) is 9.88 Å². The van der Waals surface area contributed by atoms with Crippen LogP contribution >= 0.6 is 0 Å². The maximum Gasteiger partial charge on any atom is 0.267 e. The number of nitrogens with one attached hydrogen (secondary N) is 1. The number of hydrogen-bond donors (Lipinski definition) is 1. The van der Waals surface area contributed by atoms with Crippen LogP contribution in [-0.4, -0.2) is 28.9 Å². The zero-order chi connectivity index (χ0) is 19.6. The Morgan fingerprint density at radius 1 is 1.26 bits per heavy atom. The van der Waals surface area contributed by atoms with Crippen LogP contribution < -0.4 is 5.32 Å². The second-order valence-electron chi connectivity index (χ2n) is 6.58. The van der Waals surface area contributed by atoms with E-state index in [9.17, 15) is 10.1 Å². The summed E-state index contributed by atoms with van der Waals surface area (Å²) in [4.78, 5) is 18.6. The molecule has 1 amide bonds. The largest absolute Gasteiger partial charge is 0.376 e. The second-order valence-corrected chi connectivity index (χ2v) is 6.58. The summed E-state index contributed by atoms with van der Waals surface area (Å²) < 4.78 is 0. The van der Waals surface area contributed by atoms with E-state index in [1.165, 1.54) is 5.56 Å². The van der Waals surface area contributed by atoms with Crippen molar-refractivity contribution in [2.45, 2.75) is 33.1 Å². The minimum absolute atomic E-state index is 0.102. The average molecular weight is 362 g/mol. The number of likely N-dealkylation sites (N-methyl/N-ethyl adjacent to an activating group) is 1. The Morgan fingerprint density at radius 3 is 2.59 bits per heavy atom. The fourth-order valence-corrected chi connectivity index (χ4v) is 2.76. The molecule has 0 saturated carbocycles. The predicted octanol–water partition coefficient (Wildman–Crippen LogP) is 4.12. The van der Waals surface area contributed by atoms with Gasteiger partial charge in [-0.05, 0) is 48.6 Å². The molecule has 1 N–H and O–H groups in total. The molecule has 0 spiro atoms. The van der Waals surface area contributed by atoms with Crippen LogP contribution in [0.4, 0.5) is 5.69 Å². The van der Waals surface area contributed by atoms with Gasteiger partial charge in [-0.2, -0.15) is 5.26 Å². The normalized spacial score (nSPS) is 11.1. The van der Waals surface area contributed by atoms with Gasteiger partial charge < -0.3 is 10.2 Å². The van der Waals surface area contributed by atoms with Gasteiger partial charge in [0.05, 0.1) is 0 Å². The number of anilines is 1. The molecule has 5 heteroatoms. The third-order valence-corrected chi connectivity index (χ3v) is 4.35. The third kappa shape index (κ3) is 5.96. The molecule has 2 rings (SSSR count). The highest BCUT2D eigenvalue weighted by Crippen LogP contribution is 2.24. The Morgan fingerprint density at radius 2 is 1.96 bits per heavy atom. The Kier molecular flexibility index (Phi) is 7.57. The lowest BCUT2D eigenvalue weighted by molar-refractivity contribution is -0.112. The van der Waals surface area contributed by atoms with E-state index >= 15 is 0 Å². The molecular formula is C22H26N4O. The highest BCUT2D eigenvalue weighted by atomic mass is 16.1. The van der Waals surface area contributed by atoms with Crippen molar-refractivity contribution >= 4 is 11.6 Å². The van der Waals surface area contributed by atoms with Crippen molar-refractivity contribution in [2.24, 2.45) is 0 Å². The summed E-state index contributed by atoms with van der Waals surface area (Å²) in [5.74, 6) is -0.100. The van der Waals surface area contributed by atoms with Crippen molar-refractivity contribution in [3.05, 3.63) is 71.7 Å². The number of nitriles is 1. The van der Waals surface area contributed by atoms with Gasteiger partial charge in [-0.3, -0.25) is 9.78 Å². The molecule has 0 radical (unpaired) electrons. The van der Waals surface area contributed by atoms with Crippen LogP contribution in [0.1, 0.15) is 37.8 Å². The first kappa shape index (κ1) is 20.2. The predicted molar refractivity (Wildman–Crippen MR) is 108 cm³/mol. The van der Waals surface area contributed by atoms with Crippen LogP contribution in [-0.2, 0) is 11.2 Å². The fraction of sp³-hybridized carbons (Fsp3) is 0.318. The number of nitrogens with zero attached hydrogens (tertiary/aromatic N) is 3. The second kappa shape index (κ2) is 10.1. The number of amides is 1. The summed E-state index contributed by atoms with van der Waals surface area (Å²) in [6, 6.07) is 13.7. The lowest BCUT2D eigenvalue weighted by atomic mass is 10.0. The van der Waals surface area contributed by atoms with Gasteiger partial charge in [0.2, 0.25) is 0 Å². The molecule has 1 aromatic heterocycles. The number of pyridine rings is 1. The average Bonchev–Trinajstić information content (AvgIpc) is 2.69. The fourth-order valence-electron chi connectivity index (χ4n) is 2.76. The highest BCUT2D eigenvalue weighted by molar-refractivity contribution is 6.06. The summed E-state index contributed by atoms with van der Waals surface area (Å²) in [7, 11) is 0. The molecule has 140 valence electrons. The third-order valence-electron chi connectivity index (χ3n) is 4.35. The van der Waals surface area contributed by atoms with Crippen molar-refractivity contribution in [1.29, 1.82) is 5.26 Å². The molecule has 2 aromatic rings. The summed E-state index contributed by atoms with van der Waals surface area (Å²) >= 11 is 0. The standard InChI is InChI=1S/C22H26N4O/c1-4-26(14-11-18-9-12-24-13-10-18)16-19(15-23)22(27)25-21-8-6-5-7-20(21)17(2)3/h5-10,12-13,16-17H,4,11,14H2,1-3H3,(H,25,27)/b19-16-. The van der Waals surface area contributed by atoms with Crippen molar-refractivity contribution in [3.8, 4) is 6.07 Å². The van der Waals surface area contributed by atoms with E-state index in [-0.39, 0.29) is 17.4 Å². The van der Waals surface area contributed by atoms with Crippen LogP contribution in [0.15, 0.2) is 60.6 Å². The van der Waals surface area contributed by atoms with E-state index in [4.69, 9.17) is 0 Å². The number of benzene rings is 1. The van der Waals surface area contributed by atoms with E-state index in [0.717, 1.165) is 24.2 Å². The van der Waals surface area contributed by atoms with Gasteiger partial charge in [-0.25, -0.2) is 0 Å². The zero-order valence-electron chi connectivity index (χ0n) is 16.1. The van der Waals surface area contributed by atoms with Crippen LogP contribution in [0, 0.1) is 11.3 Å². The smallest absolute Gasteiger partial charge is 0.267 e. The maximum absolute atomic E-state index is 12.6. The van der Waals surface area contributed by atoms with E-state index in [1.54, 1.807) is 18.6 Å². The number of para-hydroxylation sites is 1. The summed E-state index contributed by atoms with van der Waals surface area (Å²) in [6.45, 7) is 7.59. The van der Waals surface area contributed by atoms with Gasteiger partial charge in [0, 0.05) is 37.4 Å². The summed E-state index contributed by atoms with van der Waals surface area (Å²) in [5, 5.41) is 12.4. The van der Waals surface area contributed by atoms with Crippen LogP contribution in [0.2, 0.25) is 0 Å². The number of rotatable bonds is 8. The number of carbonyl (C=O) groups is 1. The summed E-state index contributed by atoms with van der Waals surface area (Å²) in [6.07, 6.45) is 6.00. The topological polar surface area (TPSA) is 69.0 Å². The van der Waals surface area contributed by atoms with E-state index in [2.05, 4.69) is 24.1 Å².